The SMILES string of the molecule is CCCCC(CCCC)N(NC(=O)c1ccc(CC)cc1)C(=O)c1cc(F)c(OC)c(F)c1F. The van der Waals surface area contributed by atoms with E-state index in [0.29, 0.717) is 24.5 Å². The van der Waals surface area contributed by atoms with Crippen LogP contribution in [0.25, 0.3) is 0 Å². The Morgan fingerprint density at radius 3 is 2.06 bits per heavy atom. The Bertz CT molecular complexity index is 972. The topological polar surface area (TPSA) is 58.6 Å². The standard InChI is InChI=1S/C26H33F3N2O3/c1-5-8-10-19(11-9-6-2)31(30-25(32)18-14-12-17(7-3)13-15-18)26(33)20-16-21(27)24(34-4)23(29)22(20)28/h12-16,19H,5-11H2,1-4H3,(H,30,32). The van der Waals surface area contributed by atoms with E-state index < -0.39 is 46.6 Å². The molecule has 0 fully saturated rings. The summed E-state index contributed by atoms with van der Waals surface area (Å²) in [7, 11) is 1.00. The highest BCUT2D eigenvalue weighted by Crippen LogP contribution is 2.28. The van der Waals surface area contributed by atoms with E-state index in [4.69, 9.17) is 0 Å². The van der Waals surface area contributed by atoms with E-state index >= 15 is 0 Å². The van der Waals surface area contributed by atoms with Crippen LogP contribution in [0.4, 0.5) is 13.2 Å². The molecule has 2 amide bonds. The fourth-order valence-electron chi connectivity index (χ4n) is 3.71. The van der Waals surface area contributed by atoms with Crippen LogP contribution in [0, 0.1) is 17.5 Å². The molecule has 2 aromatic carbocycles. The molecule has 2 rings (SSSR count). The Labute approximate surface area is 199 Å². The van der Waals surface area contributed by atoms with Gasteiger partial charge in [-0.3, -0.25) is 15.0 Å². The van der Waals surface area contributed by atoms with Crippen molar-refractivity contribution in [2.45, 2.75) is 71.8 Å². The number of nitrogens with zero attached hydrogens (tertiary/aromatic N) is 1. The van der Waals surface area contributed by atoms with Crippen molar-refractivity contribution in [1.82, 2.24) is 10.4 Å². The number of ether oxygens (including phenoxy) is 1. The number of halogens is 3. The summed E-state index contributed by atoms with van der Waals surface area (Å²) in [5, 5.41) is 1.03. The van der Waals surface area contributed by atoms with Crippen LogP contribution in [0.1, 0.15) is 85.6 Å². The second-order valence-electron chi connectivity index (χ2n) is 8.17. The molecule has 2 aromatic rings. The van der Waals surface area contributed by atoms with Gasteiger partial charge in [-0.25, -0.2) is 13.8 Å². The Morgan fingerprint density at radius 1 is 0.971 bits per heavy atom. The minimum atomic E-state index is -1.59. The molecule has 0 unspecified atom stereocenters. The van der Waals surface area contributed by atoms with Crippen molar-refractivity contribution in [2.24, 2.45) is 0 Å². The van der Waals surface area contributed by atoms with Crippen molar-refractivity contribution in [1.29, 1.82) is 0 Å². The molecule has 34 heavy (non-hydrogen) atoms. The van der Waals surface area contributed by atoms with Gasteiger partial charge in [0.1, 0.15) is 0 Å². The van der Waals surface area contributed by atoms with Gasteiger partial charge in [0.15, 0.2) is 17.4 Å². The Morgan fingerprint density at radius 2 is 1.56 bits per heavy atom. The van der Waals surface area contributed by atoms with E-state index in [1.165, 1.54) is 0 Å². The summed E-state index contributed by atoms with van der Waals surface area (Å²) in [6, 6.07) is 7.01. The number of methoxy groups -OCH3 is 1. The van der Waals surface area contributed by atoms with Gasteiger partial charge in [-0.2, -0.15) is 4.39 Å². The highest BCUT2D eigenvalue weighted by atomic mass is 19.2. The predicted molar refractivity (Wildman–Crippen MR) is 125 cm³/mol. The maximum Gasteiger partial charge on any atom is 0.275 e. The molecule has 0 aliphatic carbocycles. The maximum atomic E-state index is 14.8. The number of hydrogen-bond acceptors (Lipinski definition) is 3. The first-order valence-electron chi connectivity index (χ1n) is 11.7. The Hall–Kier alpha value is -3.03. The number of rotatable bonds is 11. The van der Waals surface area contributed by atoms with E-state index in [2.05, 4.69) is 10.2 Å². The number of carbonyl (C=O) groups is 2. The number of carbonyl (C=O) groups excluding carboxylic acids is 2. The molecule has 186 valence electrons. The second-order valence-corrected chi connectivity index (χ2v) is 8.17. The van der Waals surface area contributed by atoms with Gasteiger partial charge in [0.05, 0.1) is 18.7 Å². The summed E-state index contributed by atoms with van der Waals surface area (Å²) in [5.74, 6) is -6.82. The van der Waals surface area contributed by atoms with Crippen LogP contribution in [0.2, 0.25) is 0 Å². The summed E-state index contributed by atoms with van der Waals surface area (Å²) in [6.45, 7) is 5.97. The third-order valence-electron chi connectivity index (χ3n) is 5.76. The Balaban J connectivity index is 2.48. The van der Waals surface area contributed by atoms with Crippen molar-refractivity contribution >= 4 is 11.8 Å². The monoisotopic (exact) mass is 478 g/mol. The number of hydrogen-bond donors (Lipinski definition) is 1. The summed E-state index contributed by atoms with van der Waals surface area (Å²) in [6.07, 6.45) is 5.09. The third kappa shape index (κ3) is 6.52. The number of hydrazine groups is 1. The largest absolute Gasteiger partial charge is 0.491 e. The van der Waals surface area contributed by atoms with Crippen LogP contribution >= 0.6 is 0 Å². The highest BCUT2D eigenvalue weighted by Gasteiger charge is 2.31. The Kier molecular flexibility index (Phi) is 10.4. The number of unbranched alkanes of at least 4 members (excludes halogenated alkanes) is 2. The highest BCUT2D eigenvalue weighted by molar-refractivity contribution is 5.99. The minimum Gasteiger partial charge on any atom is -0.491 e. The van der Waals surface area contributed by atoms with Crippen LogP contribution in [0.3, 0.4) is 0 Å². The van der Waals surface area contributed by atoms with Gasteiger partial charge >= 0.3 is 0 Å². The molecular formula is C26H33F3N2O3. The summed E-state index contributed by atoms with van der Waals surface area (Å²) in [5.41, 5.74) is 3.13. The van der Waals surface area contributed by atoms with Crippen LogP contribution < -0.4 is 10.2 Å². The lowest BCUT2D eigenvalue weighted by Gasteiger charge is -2.32. The van der Waals surface area contributed by atoms with Crippen molar-refractivity contribution in [3.05, 3.63) is 64.5 Å². The molecule has 0 aliphatic heterocycles. The lowest BCUT2D eigenvalue weighted by molar-refractivity contribution is 0.0445. The molecule has 0 saturated heterocycles. The zero-order chi connectivity index (χ0) is 25.3. The quantitative estimate of drug-likeness (QED) is 0.309. The van der Waals surface area contributed by atoms with Gasteiger partial charge in [-0.15, -0.1) is 0 Å². The van der Waals surface area contributed by atoms with E-state index in [0.717, 1.165) is 49.8 Å². The van der Waals surface area contributed by atoms with E-state index in [-0.39, 0.29) is 0 Å². The maximum absolute atomic E-state index is 14.8. The van der Waals surface area contributed by atoms with Crippen molar-refractivity contribution < 1.29 is 27.5 Å². The molecule has 0 heterocycles. The van der Waals surface area contributed by atoms with Gasteiger partial charge in [-0.05, 0) is 43.0 Å². The van der Waals surface area contributed by atoms with E-state index in [1.807, 2.05) is 20.8 Å². The first-order chi connectivity index (χ1) is 16.3. The van der Waals surface area contributed by atoms with E-state index in [9.17, 15) is 22.8 Å². The molecule has 0 atom stereocenters. The first-order valence-corrected chi connectivity index (χ1v) is 11.7. The van der Waals surface area contributed by atoms with Crippen LogP contribution in [0.15, 0.2) is 30.3 Å². The molecule has 0 bridgehead atoms. The van der Waals surface area contributed by atoms with Crippen LogP contribution in [-0.2, 0) is 6.42 Å². The average molecular weight is 479 g/mol. The van der Waals surface area contributed by atoms with Crippen LogP contribution in [0.5, 0.6) is 5.75 Å². The number of benzene rings is 2. The molecule has 0 saturated carbocycles. The predicted octanol–water partition coefficient (Wildman–Crippen LogP) is 6.21. The molecular weight excluding hydrogens is 445 g/mol. The summed E-state index contributed by atoms with van der Waals surface area (Å²) < 4.78 is 48.0. The molecule has 0 aromatic heterocycles. The molecule has 1 N–H and O–H groups in total. The smallest absolute Gasteiger partial charge is 0.275 e. The minimum absolute atomic E-state index is 0.312. The molecule has 0 aliphatic rings. The fraction of sp³-hybridized carbons (Fsp3) is 0.462. The first kappa shape index (κ1) is 27.2. The van der Waals surface area contributed by atoms with Crippen molar-refractivity contribution in [3.63, 3.8) is 0 Å². The molecule has 8 heteroatoms. The molecule has 0 radical (unpaired) electrons. The second kappa shape index (κ2) is 13.0. The third-order valence-corrected chi connectivity index (χ3v) is 5.76. The lowest BCUT2D eigenvalue weighted by atomic mass is 10.0. The van der Waals surface area contributed by atoms with Gasteiger partial charge in [-0.1, -0.05) is 58.6 Å². The number of aryl methyl sites for hydroxylation is 1. The normalized spacial score (nSPS) is 10.9. The molecule has 0 spiro atoms. The summed E-state index contributed by atoms with van der Waals surface area (Å²) >= 11 is 0. The average Bonchev–Trinajstić information content (AvgIpc) is 2.85. The van der Waals surface area contributed by atoms with Crippen LogP contribution in [-0.4, -0.2) is 30.0 Å². The number of amides is 2. The lowest BCUT2D eigenvalue weighted by Crippen LogP contribution is -2.52. The van der Waals surface area contributed by atoms with Gasteiger partial charge < -0.3 is 4.74 Å². The van der Waals surface area contributed by atoms with Gasteiger partial charge in [0, 0.05) is 5.56 Å². The zero-order valence-electron chi connectivity index (χ0n) is 20.2. The van der Waals surface area contributed by atoms with E-state index in [1.54, 1.807) is 24.3 Å². The zero-order valence-corrected chi connectivity index (χ0v) is 20.2. The van der Waals surface area contributed by atoms with Gasteiger partial charge in [0.25, 0.3) is 11.8 Å². The number of nitrogens with one attached hydrogen (secondary N) is 1. The van der Waals surface area contributed by atoms with Gasteiger partial charge in [0.2, 0.25) is 5.82 Å². The summed E-state index contributed by atoms with van der Waals surface area (Å²) in [4.78, 5) is 26.4. The molecule has 5 nitrogen and oxygen atoms in total. The van der Waals surface area contributed by atoms with Crippen molar-refractivity contribution in [2.75, 3.05) is 7.11 Å². The van der Waals surface area contributed by atoms with Crippen molar-refractivity contribution in [3.8, 4) is 5.75 Å². The fourth-order valence-corrected chi connectivity index (χ4v) is 3.71.